The van der Waals surface area contributed by atoms with Crippen molar-refractivity contribution in [2.45, 2.75) is 224 Å². The number of alkyl halides is 2. The van der Waals surface area contributed by atoms with Crippen LogP contribution < -0.4 is 0 Å². The number of halogens is 2. The molecule has 5 rings (SSSR count). The Labute approximate surface area is 485 Å². The van der Waals surface area contributed by atoms with Crippen molar-refractivity contribution in [3.05, 3.63) is 205 Å². The van der Waals surface area contributed by atoms with E-state index in [1.54, 1.807) is 12.1 Å². The molecule has 2 nitrogen and oxygen atoms in total. The summed E-state index contributed by atoms with van der Waals surface area (Å²) in [6, 6.07) is 48.0. The number of hydrogen-bond donors (Lipinski definition) is 0. The lowest BCUT2D eigenvalue weighted by molar-refractivity contribution is 0.0893. The Kier molecular flexibility index (Phi) is 125. The lowest BCUT2D eigenvalue weighted by Gasteiger charge is -2.20. The van der Waals surface area contributed by atoms with Gasteiger partial charge >= 0.3 is 5.66 Å². The molecule has 0 unspecified atom stereocenters. The van der Waals surface area contributed by atoms with Crippen LogP contribution in [0.2, 0.25) is 0 Å². The predicted molar refractivity (Wildman–Crippen MR) is 368 cm³/mol. The highest BCUT2D eigenvalue weighted by Crippen LogP contribution is 2.59. The van der Waals surface area contributed by atoms with E-state index in [0.717, 1.165) is 13.3 Å². The van der Waals surface area contributed by atoms with Crippen molar-refractivity contribution in [2.24, 2.45) is 0 Å². The SMILES string of the molecule is C.C.C=C.C=CC.CC.CC.CCC.CCC.CCC.CCC.CCC.CCC.CCC.CP(C)(=O)C(F)(F)c1ccccc1.CP(C)(=O)Cc1ccccc1.Cc1ccccc1.Cc1ccccc1.Cc1ccccc1. The van der Waals surface area contributed by atoms with Crippen molar-refractivity contribution in [1.82, 2.24) is 0 Å². The number of hydrogen-bond acceptors (Lipinski definition) is 2. The van der Waals surface area contributed by atoms with Crippen molar-refractivity contribution in [3.63, 3.8) is 0 Å². The second-order valence-electron chi connectivity index (χ2n) is 16.8. The summed E-state index contributed by atoms with van der Waals surface area (Å²) < 4.78 is 49.5. The standard InChI is InChI=1S/C9H11F2OP.C9H13OP.3C7H8.7C3H8.C3H6.2C2H6.C2H4.2CH4/c1-13(2,12)9(10,11)8-6-4-3-5-7-8;1-11(2,10)8-9-6-4-3-5-7-9;3*1-7-5-3-2-4-6-7;8*1-3-2;3*1-2;;/h3-7H,1-2H3;3-7H,8H2,1-2H3;3*2-6H,1H3;7*3H2,1-2H3;3H,1H2,2H3;2*1-2H3;1-2H2;2*1H4. The summed E-state index contributed by atoms with van der Waals surface area (Å²) >= 11 is 0. The highest BCUT2D eigenvalue weighted by atomic mass is 31.2. The smallest absolute Gasteiger partial charge is 0.322 e. The Balaban J connectivity index is -0.0000000539. The zero-order valence-electron chi connectivity index (χ0n) is 54.3. The third-order valence-corrected chi connectivity index (χ3v) is 8.76. The molecule has 0 N–H and O–H groups in total. The molecule has 6 heteroatoms. The van der Waals surface area contributed by atoms with E-state index >= 15 is 0 Å². The van der Waals surface area contributed by atoms with Gasteiger partial charge in [-0.25, -0.2) is 0 Å². The van der Waals surface area contributed by atoms with Gasteiger partial charge in [-0.05, 0) is 59.9 Å². The lowest BCUT2D eigenvalue weighted by atomic mass is 10.2. The van der Waals surface area contributed by atoms with Crippen molar-refractivity contribution in [3.8, 4) is 0 Å². The third kappa shape index (κ3) is 112. The van der Waals surface area contributed by atoms with Gasteiger partial charge in [-0.2, -0.15) is 8.78 Å². The number of benzene rings is 5. The van der Waals surface area contributed by atoms with Gasteiger partial charge in [0.15, 0.2) is 7.14 Å². The molecule has 5 aromatic rings. The number of allylic oxidation sites excluding steroid dienone is 1. The Hall–Kier alpha value is -4.10. The quantitative estimate of drug-likeness (QED) is 0.133. The predicted octanol–water partition coefficient (Wildman–Crippen LogP) is 27.4. The number of aryl methyl sites for hydroxylation is 3. The highest BCUT2D eigenvalue weighted by Gasteiger charge is 2.44. The summed E-state index contributed by atoms with van der Waals surface area (Å²) in [5.41, 5.74) is 1.74. The third-order valence-electron chi connectivity index (χ3n) is 6.02. The molecule has 0 spiro atoms. The molecule has 454 valence electrons. The molecule has 0 aliphatic heterocycles. The normalized spacial score (nSPS) is 8.21. The van der Waals surface area contributed by atoms with Gasteiger partial charge in [0.25, 0.3) is 0 Å². The van der Waals surface area contributed by atoms with Crippen molar-refractivity contribution >= 4 is 14.3 Å². The fourth-order valence-corrected chi connectivity index (χ4v) is 5.44. The molecule has 0 heterocycles. The van der Waals surface area contributed by atoms with Gasteiger partial charge in [-0.3, -0.25) is 0 Å². The van der Waals surface area contributed by atoms with E-state index in [2.05, 4.69) is 174 Å². The van der Waals surface area contributed by atoms with Gasteiger partial charge in [0.05, 0.1) is 7.14 Å². The second-order valence-corrected chi connectivity index (χ2v) is 23.5. The van der Waals surface area contributed by atoms with Crippen LogP contribution in [0.3, 0.4) is 0 Å². The van der Waals surface area contributed by atoms with E-state index in [4.69, 9.17) is 0 Å². The molecule has 0 amide bonds. The molecular weight excluding hydrogens is 985 g/mol. The summed E-state index contributed by atoms with van der Waals surface area (Å²) in [5, 5.41) is 0. The molecule has 0 radical (unpaired) electrons. The van der Waals surface area contributed by atoms with Crippen LogP contribution in [0.5, 0.6) is 0 Å². The van der Waals surface area contributed by atoms with Crippen molar-refractivity contribution in [1.29, 1.82) is 0 Å². The highest BCUT2D eigenvalue weighted by molar-refractivity contribution is 7.63. The van der Waals surface area contributed by atoms with Crippen LogP contribution in [0, 0.1) is 20.8 Å². The van der Waals surface area contributed by atoms with Crippen LogP contribution in [0.25, 0.3) is 0 Å². The van der Waals surface area contributed by atoms with E-state index in [1.165, 1.54) is 91.5 Å². The molecule has 0 aliphatic rings. The Morgan fingerprint density at radius 2 is 0.558 bits per heavy atom. The molecule has 0 aromatic heterocycles. The minimum absolute atomic E-state index is 0. The maximum absolute atomic E-state index is 13.4. The Bertz CT molecular complexity index is 1610. The molecule has 5 aromatic carbocycles. The first kappa shape index (κ1) is 105. The van der Waals surface area contributed by atoms with Gasteiger partial charge in [0.1, 0.15) is 0 Å². The van der Waals surface area contributed by atoms with Gasteiger partial charge in [-0.1, -0.05) is 359 Å². The summed E-state index contributed by atoms with van der Waals surface area (Å²) in [5.74, 6) is 0. The minimum atomic E-state index is -3.42. The van der Waals surface area contributed by atoms with E-state index in [0.29, 0.717) is 6.16 Å². The first-order valence-corrected chi connectivity index (χ1v) is 33.5. The average molecular weight is 1120 g/mol. The second kappa shape index (κ2) is 91.4. The number of rotatable bonds is 4. The van der Waals surface area contributed by atoms with Crippen LogP contribution in [-0.4, -0.2) is 26.7 Å². The molecule has 0 saturated heterocycles. The summed E-state index contributed by atoms with van der Waals surface area (Å²) in [6.07, 6.45) is 11.2. The summed E-state index contributed by atoms with van der Waals surface area (Å²) in [6.45, 7) is 61.1. The molecule has 0 atom stereocenters. The van der Waals surface area contributed by atoms with Crippen molar-refractivity contribution in [2.75, 3.05) is 26.7 Å². The van der Waals surface area contributed by atoms with E-state index in [9.17, 15) is 17.9 Å². The largest absolute Gasteiger partial charge is 0.324 e. The maximum atomic E-state index is 13.4. The summed E-state index contributed by atoms with van der Waals surface area (Å²) in [7, 11) is -5.31. The first-order chi connectivity index (χ1) is 35.4. The van der Waals surface area contributed by atoms with E-state index < -0.39 is 19.9 Å². The minimum Gasteiger partial charge on any atom is -0.324 e. The molecule has 0 aliphatic carbocycles. The van der Waals surface area contributed by atoms with Gasteiger partial charge in [0, 0.05) is 11.7 Å². The van der Waals surface area contributed by atoms with Gasteiger partial charge < -0.3 is 9.13 Å². The lowest BCUT2D eigenvalue weighted by Crippen LogP contribution is -2.12. The van der Waals surface area contributed by atoms with Crippen molar-refractivity contribution < 1.29 is 17.9 Å². The van der Waals surface area contributed by atoms with Crippen LogP contribution in [0.15, 0.2) is 177 Å². The average Bonchev–Trinajstić information content (AvgIpc) is 3.37. The zero-order chi connectivity index (χ0) is 61.4. The zero-order valence-corrected chi connectivity index (χ0v) is 56.0. The van der Waals surface area contributed by atoms with Gasteiger partial charge in [0.2, 0.25) is 0 Å². The van der Waals surface area contributed by atoms with Crippen LogP contribution >= 0.6 is 14.3 Å². The Morgan fingerprint density at radius 3 is 0.688 bits per heavy atom. The molecule has 0 saturated carbocycles. The molecule has 0 bridgehead atoms. The van der Waals surface area contributed by atoms with E-state index in [-0.39, 0.29) is 20.4 Å². The first-order valence-electron chi connectivity index (χ1n) is 28.1. The molecule has 0 fully saturated rings. The monoisotopic (exact) mass is 1120 g/mol. The van der Waals surface area contributed by atoms with E-state index in [1.807, 2.05) is 133 Å². The molecule has 77 heavy (non-hydrogen) atoms. The van der Waals surface area contributed by atoms with Gasteiger partial charge in [-0.15, -0.1) is 19.7 Å². The topological polar surface area (TPSA) is 34.1 Å². The van der Waals surface area contributed by atoms with Crippen LogP contribution in [0.4, 0.5) is 8.78 Å². The maximum Gasteiger partial charge on any atom is 0.322 e. The van der Waals surface area contributed by atoms with Crippen LogP contribution in [0.1, 0.15) is 219 Å². The van der Waals surface area contributed by atoms with Crippen LogP contribution in [-0.2, 0) is 21.0 Å². The fourth-order valence-electron chi connectivity index (χ4n) is 3.58. The molecular formula is C71H134F2O2P2. The Morgan fingerprint density at radius 1 is 0.403 bits per heavy atom. The summed E-state index contributed by atoms with van der Waals surface area (Å²) in [4.78, 5) is 0. The fraction of sp³-hybridized carbons (Fsp3) is 0.521.